The van der Waals surface area contributed by atoms with Gasteiger partial charge in [0.25, 0.3) is 0 Å². The van der Waals surface area contributed by atoms with Crippen LogP contribution in [0.1, 0.15) is 40.5 Å². The second kappa shape index (κ2) is 7.42. The van der Waals surface area contributed by atoms with Crippen molar-refractivity contribution < 1.29 is 23.7 Å². The lowest BCUT2D eigenvalue weighted by Gasteiger charge is -2.40. The molecule has 6 nitrogen and oxygen atoms in total. The van der Waals surface area contributed by atoms with Crippen LogP contribution in [0.4, 0.5) is 4.79 Å². The number of carbonyl (C=O) groups is 1. The Morgan fingerprint density at radius 3 is 2.14 bits per heavy atom. The van der Waals surface area contributed by atoms with E-state index < -0.39 is 5.60 Å². The molecular formula is C15H29NO5. The van der Waals surface area contributed by atoms with E-state index in [-0.39, 0.29) is 18.0 Å². The van der Waals surface area contributed by atoms with Crippen molar-refractivity contribution in [2.45, 2.75) is 58.0 Å². The highest BCUT2D eigenvalue weighted by molar-refractivity contribution is 5.68. The van der Waals surface area contributed by atoms with Gasteiger partial charge in [0.2, 0.25) is 0 Å². The number of ether oxygens (including phenoxy) is 4. The predicted octanol–water partition coefficient (Wildman–Crippen LogP) is 2.41. The van der Waals surface area contributed by atoms with Gasteiger partial charge in [0.05, 0.1) is 12.2 Å². The Bertz CT molecular complexity index is 327. The summed E-state index contributed by atoms with van der Waals surface area (Å²) in [5.74, 6) is 0. The number of amides is 1. The van der Waals surface area contributed by atoms with Gasteiger partial charge in [-0.1, -0.05) is 0 Å². The second-order valence-corrected chi connectivity index (χ2v) is 6.63. The molecule has 0 N–H and O–H groups in total. The minimum Gasteiger partial charge on any atom is -0.444 e. The topological polar surface area (TPSA) is 57.2 Å². The van der Waals surface area contributed by atoms with E-state index in [0.717, 1.165) is 12.8 Å². The van der Waals surface area contributed by atoms with Crippen LogP contribution < -0.4 is 0 Å². The van der Waals surface area contributed by atoms with Crippen LogP contribution in [-0.4, -0.2) is 62.4 Å². The van der Waals surface area contributed by atoms with Gasteiger partial charge in [-0.3, -0.25) is 0 Å². The molecule has 1 rings (SSSR count). The maximum atomic E-state index is 12.0. The Balaban J connectivity index is 2.41. The van der Waals surface area contributed by atoms with Crippen LogP contribution in [-0.2, 0) is 18.9 Å². The van der Waals surface area contributed by atoms with Crippen molar-refractivity contribution in [2.75, 3.05) is 33.9 Å². The summed E-state index contributed by atoms with van der Waals surface area (Å²) in [6.07, 6.45) is 0.931. The molecule has 0 aliphatic carbocycles. The lowest BCUT2D eigenvalue weighted by molar-refractivity contribution is -0.177. The molecule has 1 aliphatic heterocycles. The van der Waals surface area contributed by atoms with E-state index in [2.05, 4.69) is 6.92 Å². The zero-order chi connectivity index (χ0) is 16.1. The maximum absolute atomic E-state index is 12.0. The molecule has 1 aliphatic rings. The molecule has 21 heavy (non-hydrogen) atoms. The number of hydrogen-bond acceptors (Lipinski definition) is 5. The molecule has 0 radical (unpaired) electrons. The van der Waals surface area contributed by atoms with Crippen LogP contribution in [0.5, 0.6) is 0 Å². The summed E-state index contributed by atoms with van der Waals surface area (Å²) in [5.41, 5.74) is -0.716. The molecule has 0 saturated carbocycles. The zero-order valence-electron chi connectivity index (χ0n) is 14.1. The fourth-order valence-corrected chi connectivity index (χ4v) is 2.13. The Hall–Kier alpha value is -0.850. The Labute approximate surface area is 127 Å². The molecule has 1 fully saturated rings. The Kier molecular flexibility index (Phi) is 6.43. The van der Waals surface area contributed by atoms with Crippen LogP contribution in [0.15, 0.2) is 0 Å². The Morgan fingerprint density at radius 2 is 1.71 bits per heavy atom. The first-order valence-electron chi connectivity index (χ1n) is 7.36. The van der Waals surface area contributed by atoms with Crippen LogP contribution in [0.3, 0.4) is 0 Å². The van der Waals surface area contributed by atoms with Gasteiger partial charge >= 0.3 is 6.09 Å². The average Bonchev–Trinajstić information content (AvgIpc) is 2.38. The van der Waals surface area contributed by atoms with Crippen LogP contribution in [0, 0.1) is 0 Å². The summed E-state index contributed by atoms with van der Waals surface area (Å²) in [5, 5.41) is 0. The molecule has 0 aromatic heterocycles. The monoisotopic (exact) mass is 303 g/mol. The van der Waals surface area contributed by atoms with Crippen molar-refractivity contribution >= 4 is 6.09 Å². The highest BCUT2D eigenvalue weighted by Gasteiger charge is 2.34. The molecule has 0 aromatic carbocycles. The molecule has 0 spiro atoms. The van der Waals surface area contributed by atoms with Crippen molar-refractivity contribution in [3.63, 3.8) is 0 Å². The van der Waals surface area contributed by atoms with Gasteiger partial charge in [-0.15, -0.1) is 0 Å². The van der Waals surface area contributed by atoms with Gasteiger partial charge in [0, 0.05) is 27.3 Å². The van der Waals surface area contributed by atoms with E-state index in [1.165, 1.54) is 0 Å². The number of piperidine rings is 1. The number of hydrogen-bond donors (Lipinski definition) is 0. The fraction of sp³-hybridized carbons (Fsp3) is 0.933. The van der Waals surface area contributed by atoms with E-state index >= 15 is 0 Å². The van der Waals surface area contributed by atoms with E-state index in [4.69, 9.17) is 18.9 Å². The van der Waals surface area contributed by atoms with Crippen molar-refractivity contribution in [1.82, 2.24) is 4.90 Å². The zero-order valence-corrected chi connectivity index (χ0v) is 14.1. The number of likely N-dealkylation sites (tertiary alicyclic amines) is 1. The summed E-state index contributed by atoms with van der Waals surface area (Å²) < 4.78 is 21.5. The molecule has 124 valence electrons. The average molecular weight is 303 g/mol. The smallest absolute Gasteiger partial charge is 0.410 e. The molecule has 0 bridgehead atoms. The van der Waals surface area contributed by atoms with Gasteiger partial charge in [-0.25, -0.2) is 4.79 Å². The highest BCUT2D eigenvalue weighted by Crippen LogP contribution is 2.27. The minimum absolute atomic E-state index is 0.254. The molecule has 1 saturated heterocycles. The van der Waals surface area contributed by atoms with Gasteiger partial charge in [0.15, 0.2) is 6.29 Å². The summed E-state index contributed by atoms with van der Waals surface area (Å²) in [6, 6.07) is 0. The standard InChI is InChI=1S/C15H29NO5/c1-14(2,3)21-13(17)16-9-7-15(4,8-10-16)20-11-12(18-5)19-6/h12H,7-11H2,1-6H3. The third kappa shape index (κ3) is 6.20. The van der Waals surface area contributed by atoms with Gasteiger partial charge in [-0.2, -0.15) is 0 Å². The first kappa shape index (κ1) is 18.2. The fourth-order valence-electron chi connectivity index (χ4n) is 2.13. The summed E-state index contributed by atoms with van der Waals surface area (Å²) in [6.45, 7) is 9.33. The van der Waals surface area contributed by atoms with Crippen molar-refractivity contribution in [3.05, 3.63) is 0 Å². The van der Waals surface area contributed by atoms with Crippen molar-refractivity contribution in [1.29, 1.82) is 0 Å². The number of methoxy groups -OCH3 is 2. The summed E-state index contributed by atoms with van der Waals surface area (Å²) in [7, 11) is 3.18. The lowest BCUT2D eigenvalue weighted by Crippen LogP contribution is -2.48. The predicted molar refractivity (Wildman–Crippen MR) is 79.2 cm³/mol. The van der Waals surface area contributed by atoms with E-state index in [1.54, 1.807) is 19.1 Å². The van der Waals surface area contributed by atoms with E-state index in [1.807, 2.05) is 20.8 Å². The van der Waals surface area contributed by atoms with Crippen LogP contribution in [0.25, 0.3) is 0 Å². The molecule has 1 heterocycles. The maximum Gasteiger partial charge on any atom is 0.410 e. The van der Waals surface area contributed by atoms with E-state index in [0.29, 0.717) is 19.7 Å². The number of rotatable bonds is 5. The van der Waals surface area contributed by atoms with Gasteiger partial charge < -0.3 is 23.8 Å². The normalized spacial score (nSPS) is 18.9. The second-order valence-electron chi connectivity index (χ2n) is 6.63. The minimum atomic E-state index is -0.460. The molecular weight excluding hydrogens is 274 g/mol. The molecule has 6 heteroatoms. The van der Waals surface area contributed by atoms with Crippen molar-refractivity contribution in [3.8, 4) is 0 Å². The molecule has 0 aromatic rings. The molecule has 0 atom stereocenters. The van der Waals surface area contributed by atoms with Crippen molar-refractivity contribution in [2.24, 2.45) is 0 Å². The quantitative estimate of drug-likeness (QED) is 0.730. The number of nitrogens with zero attached hydrogens (tertiary/aromatic N) is 1. The summed E-state index contributed by atoms with van der Waals surface area (Å²) in [4.78, 5) is 13.7. The Morgan fingerprint density at radius 1 is 1.19 bits per heavy atom. The van der Waals surface area contributed by atoms with Gasteiger partial charge in [-0.05, 0) is 40.5 Å². The molecule has 1 amide bonds. The van der Waals surface area contributed by atoms with Crippen LogP contribution >= 0.6 is 0 Å². The summed E-state index contributed by atoms with van der Waals surface area (Å²) >= 11 is 0. The SMILES string of the molecule is COC(COC1(C)CCN(C(=O)OC(C)(C)C)CC1)OC. The first-order valence-corrected chi connectivity index (χ1v) is 7.36. The highest BCUT2D eigenvalue weighted by atomic mass is 16.7. The first-order chi connectivity index (χ1) is 9.69. The third-order valence-electron chi connectivity index (χ3n) is 3.57. The number of carbonyl (C=O) groups excluding carboxylic acids is 1. The third-order valence-corrected chi connectivity index (χ3v) is 3.57. The lowest BCUT2D eigenvalue weighted by atomic mass is 9.93. The van der Waals surface area contributed by atoms with Crippen LogP contribution in [0.2, 0.25) is 0 Å². The largest absolute Gasteiger partial charge is 0.444 e. The molecule has 0 unspecified atom stereocenters. The van der Waals surface area contributed by atoms with E-state index in [9.17, 15) is 4.79 Å². The van der Waals surface area contributed by atoms with Gasteiger partial charge in [0.1, 0.15) is 5.60 Å².